The summed E-state index contributed by atoms with van der Waals surface area (Å²) in [5, 5.41) is 8.34. The fraction of sp³-hybridized carbons (Fsp3) is 0.500. The smallest absolute Gasteiger partial charge is 0.412 e. The van der Waals surface area contributed by atoms with Crippen LogP contribution in [0.1, 0.15) is 12.8 Å². The van der Waals surface area contributed by atoms with Gasteiger partial charge in [-0.15, -0.1) is 0 Å². The van der Waals surface area contributed by atoms with Crippen molar-refractivity contribution in [1.29, 1.82) is 0 Å². The molecule has 1 heterocycles. The summed E-state index contributed by atoms with van der Waals surface area (Å²) < 4.78 is 39.9. The molecule has 0 atom stereocenters. The summed E-state index contributed by atoms with van der Waals surface area (Å²) in [5.74, 6) is -1.64. The molecule has 104 valence electrons. The number of aromatic nitrogens is 2. The van der Waals surface area contributed by atoms with Crippen molar-refractivity contribution in [2.45, 2.75) is 29.7 Å². The first-order chi connectivity index (χ1) is 8.76. The van der Waals surface area contributed by atoms with Crippen LogP contribution in [0.5, 0.6) is 0 Å². The number of halogens is 3. The van der Waals surface area contributed by atoms with Gasteiger partial charge in [0, 0.05) is 12.3 Å². The second-order valence-corrected chi connectivity index (χ2v) is 5.07. The maximum absolute atomic E-state index is 13.0. The maximum atomic E-state index is 13.0. The number of carbonyl (C=O) groups is 1. The first-order valence-electron chi connectivity index (χ1n) is 5.28. The minimum atomic E-state index is -4.46. The zero-order valence-electron chi connectivity index (χ0n) is 9.48. The fourth-order valence-corrected chi connectivity index (χ4v) is 2.50. The lowest BCUT2D eigenvalue weighted by Crippen LogP contribution is -2.36. The third kappa shape index (κ3) is 2.60. The quantitative estimate of drug-likeness (QED) is 0.672. The van der Waals surface area contributed by atoms with Gasteiger partial charge in [0.25, 0.3) is 5.56 Å². The van der Waals surface area contributed by atoms with Crippen LogP contribution < -0.4 is 5.56 Å². The van der Waals surface area contributed by atoms with Crippen molar-refractivity contribution in [3.8, 4) is 0 Å². The largest absolute Gasteiger partial charge is 0.481 e. The Balaban J connectivity index is 2.40. The number of carboxylic acids is 1. The molecule has 0 amide bonds. The van der Waals surface area contributed by atoms with E-state index in [2.05, 4.69) is 4.98 Å². The van der Waals surface area contributed by atoms with E-state index in [4.69, 9.17) is 5.11 Å². The van der Waals surface area contributed by atoms with E-state index in [9.17, 15) is 22.8 Å². The average molecular weight is 294 g/mol. The van der Waals surface area contributed by atoms with E-state index in [1.54, 1.807) is 0 Å². The first kappa shape index (κ1) is 13.9. The summed E-state index contributed by atoms with van der Waals surface area (Å²) in [7, 11) is 0. The Hall–Kier alpha value is -1.51. The molecule has 0 radical (unpaired) electrons. The topological polar surface area (TPSA) is 72.2 Å². The van der Waals surface area contributed by atoms with E-state index >= 15 is 0 Å². The van der Waals surface area contributed by atoms with Crippen LogP contribution in [0, 0.1) is 0 Å². The van der Waals surface area contributed by atoms with Crippen LogP contribution in [-0.2, 0) is 10.3 Å². The van der Waals surface area contributed by atoms with Gasteiger partial charge in [-0.1, -0.05) is 11.8 Å². The van der Waals surface area contributed by atoms with Gasteiger partial charge in [-0.3, -0.25) is 9.59 Å². The van der Waals surface area contributed by atoms with Gasteiger partial charge >= 0.3 is 12.1 Å². The minimum absolute atomic E-state index is 0.0956. The number of rotatable bonds is 4. The molecular weight excluding hydrogens is 285 g/mol. The summed E-state index contributed by atoms with van der Waals surface area (Å²) in [6, 6.07) is 0.941. The Labute approximate surface area is 109 Å². The van der Waals surface area contributed by atoms with Gasteiger partial charge in [0.1, 0.15) is 5.54 Å². The molecule has 0 saturated heterocycles. The molecule has 1 aromatic heterocycles. The predicted molar refractivity (Wildman–Crippen MR) is 60.1 cm³/mol. The van der Waals surface area contributed by atoms with Crippen LogP contribution in [0.2, 0.25) is 0 Å². The summed E-state index contributed by atoms with van der Waals surface area (Å²) in [5.41, 5.74) is -2.74. The van der Waals surface area contributed by atoms with Crippen molar-refractivity contribution < 1.29 is 23.1 Å². The Morgan fingerprint density at radius 2 is 2.16 bits per heavy atom. The van der Waals surface area contributed by atoms with Crippen LogP contribution >= 0.6 is 11.8 Å². The van der Waals surface area contributed by atoms with Gasteiger partial charge < -0.3 is 9.67 Å². The van der Waals surface area contributed by atoms with E-state index in [1.165, 1.54) is 0 Å². The molecule has 19 heavy (non-hydrogen) atoms. The van der Waals surface area contributed by atoms with Gasteiger partial charge in [0.05, 0.1) is 5.75 Å². The minimum Gasteiger partial charge on any atom is -0.481 e. The second kappa shape index (κ2) is 4.55. The van der Waals surface area contributed by atoms with Crippen molar-refractivity contribution >= 4 is 17.7 Å². The molecule has 1 aromatic rings. The molecule has 1 aliphatic carbocycles. The normalized spacial score (nSPS) is 17.2. The van der Waals surface area contributed by atoms with Crippen LogP contribution in [0.25, 0.3) is 0 Å². The van der Waals surface area contributed by atoms with E-state index in [0.717, 1.165) is 16.8 Å². The number of nitrogens with zero attached hydrogens (tertiary/aromatic N) is 2. The lowest BCUT2D eigenvalue weighted by atomic mass is 10.2. The third-order valence-corrected chi connectivity index (χ3v) is 3.75. The standard InChI is InChI=1S/C10H9F3N2O3S/c11-10(12,13)9(2-3-9)15-4-1-6(16)14-8(15)19-5-7(17)18/h1,4H,2-3,5H2,(H,17,18). The van der Waals surface area contributed by atoms with Gasteiger partial charge in [0.15, 0.2) is 5.16 Å². The summed E-state index contributed by atoms with van der Waals surface area (Å²) in [4.78, 5) is 25.1. The van der Waals surface area contributed by atoms with Crippen LogP contribution in [0.4, 0.5) is 13.2 Å². The molecule has 1 fully saturated rings. The number of alkyl halides is 3. The number of aliphatic carboxylic acids is 1. The fourth-order valence-electron chi connectivity index (χ4n) is 1.72. The van der Waals surface area contributed by atoms with E-state index in [0.29, 0.717) is 11.8 Å². The van der Waals surface area contributed by atoms with Crippen molar-refractivity contribution in [3.05, 3.63) is 22.6 Å². The number of hydrogen-bond donors (Lipinski definition) is 1. The molecular formula is C10H9F3N2O3S. The molecule has 0 aromatic carbocycles. The zero-order valence-corrected chi connectivity index (χ0v) is 10.3. The highest BCUT2D eigenvalue weighted by atomic mass is 32.2. The van der Waals surface area contributed by atoms with Crippen molar-refractivity contribution in [3.63, 3.8) is 0 Å². The highest BCUT2D eigenvalue weighted by molar-refractivity contribution is 7.99. The number of hydrogen-bond acceptors (Lipinski definition) is 4. The molecule has 9 heteroatoms. The first-order valence-corrected chi connectivity index (χ1v) is 6.26. The van der Waals surface area contributed by atoms with Crippen LogP contribution in [0.15, 0.2) is 22.2 Å². The molecule has 1 aliphatic rings. The van der Waals surface area contributed by atoms with Gasteiger partial charge in [-0.05, 0) is 12.8 Å². The Morgan fingerprint density at radius 3 is 2.63 bits per heavy atom. The van der Waals surface area contributed by atoms with Crippen LogP contribution in [0.3, 0.4) is 0 Å². The highest BCUT2D eigenvalue weighted by Gasteiger charge is 2.65. The van der Waals surface area contributed by atoms with Gasteiger partial charge in [-0.25, -0.2) is 0 Å². The molecule has 0 bridgehead atoms. The second-order valence-electron chi connectivity index (χ2n) is 4.13. The van der Waals surface area contributed by atoms with Crippen molar-refractivity contribution in [2.24, 2.45) is 0 Å². The monoisotopic (exact) mass is 294 g/mol. The number of thioether (sulfide) groups is 1. The Morgan fingerprint density at radius 1 is 1.53 bits per heavy atom. The molecule has 0 aliphatic heterocycles. The molecule has 1 N–H and O–H groups in total. The maximum Gasteiger partial charge on any atom is 0.412 e. The molecule has 0 spiro atoms. The summed E-state index contributed by atoms with van der Waals surface area (Å²) >= 11 is 0.605. The molecule has 1 saturated carbocycles. The lowest BCUT2D eigenvalue weighted by Gasteiger charge is -2.24. The van der Waals surface area contributed by atoms with Crippen LogP contribution in [-0.4, -0.2) is 32.6 Å². The predicted octanol–water partition coefficient (Wildman–Crippen LogP) is 1.47. The average Bonchev–Trinajstić information content (AvgIpc) is 3.06. The van der Waals surface area contributed by atoms with E-state index in [1.807, 2.05) is 0 Å². The summed E-state index contributed by atoms with van der Waals surface area (Å²) in [6.07, 6.45) is -3.62. The SMILES string of the molecule is O=C(O)CSc1nc(=O)ccn1C1(C(F)(F)F)CC1. The van der Waals surface area contributed by atoms with Gasteiger partial charge in [0.2, 0.25) is 0 Å². The Kier molecular flexibility index (Phi) is 3.33. The number of carboxylic acid groups (broad SMARTS) is 1. The highest BCUT2D eigenvalue weighted by Crippen LogP contribution is 2.56. The Bertz CT molecular complexity index is 566. The van der Waals surface area contributed by atoms with Crippen molar-refractivity contribution in [2.75, 3.05) is 5.75 Å². The molecule has 0 unspecified atom stereocenters. The summed E-state index contributed by atoms with van der Waals surface area (Å²) in [6.45, 7) is 0. The molecule has 5 nitrogen and oxygen atoms in total. The van der Waals surface area contributed by atoms with Gasteiger partial charge in [-0.2, -0.15) is 18.2 Å². The third-order valence-electron chi connectivity index (χ3n) is 2.82. The van der Waals surface area contributed by atoms with E-state index in [-0.39, 0.29) is 18.0 Å². The van der Waals surface area contributed by atoms with E-state index < -0.39 is 29.0 Å². The van der Waals surface area contributed by atoms with Crippen molar-refractivity contribution in [1.82, 2.24) is 9.55 Å². The zero-order chi connectivity index (χ0) is 14.3. The lowest BCUT2D eigenvalue weighted by molar-refractivity contribution is -0.182. The molecule has 2 rings (SSSR count).